The molecule has 92 valence electrons. The van der Waals surface area contributed by atoms with Gasteiger partial charge in [0.2, 0.25) is 5.88 Å². The molecule has 0 saturated carbocycles. The molecule has 1 aromatic heterocycles. The Morgan fingerprint density at radius 2 is 2.22 bits per heavy atom. The largest absolute Gasteiger partial charge is 0.434 e. The maximum absolute atomic E-state index is 13.6. The number of halogens is 1. The molecule has 0 spiro atoms. The molecule has 1 aromatic carbocycles. The predicted octanol–water partition coefficient (Wildman–Crippen LogP) is 1.96. The third kappa shape index (κ3) is 1.81. The monoisotopic (exact) mass is 246 g/mol. The minimum absolute atomic E-state index is 0.0961. The van der Waals surface area contributed by atoms with Crippen LogP contribution in [0.1, 0.15) is 5.69 Å². The van der Waals surface area contributed by atoms with Crippen molar-refractivity contribution in [2.24, 2.45) is 0 Å². The summed E-state index contributed by atoms with van der Waals surface area (Å²) in [6, 6.07) is 4.27. The Labute approximate surface area is 103 Å². The van der Waals surface area contributed by atoms with Crippen LogP contribution in [0.5, 0.6) is 11.6 Å². The summed E-state index contributed by atoms with van der Waals surface area (Å²) in [7, 11) is 0. The van der Waals surface area contributed by atoms with Gasteiger partial charge in [-0.25, -0.2) is 9.37 Å². The van der Waals surface area contributed by atoms with Gasteiger partial charge in [0.05, 0.1) is 5.69 Å². The van der Waals surface area contributed by atoms with Crippen LogP contribution in [-0.2, 0) is 6.42 Å². The third-order valence-corrected chi connectivity index (χ3v) is 2.72. The summed E-state index contributed by atoms with van der Waals surface area (Å²) in [6.07, 6.45) is 2.23. The van der Waals surface area contributed by atoms with Crippen LogP contribution in [0.15, 0.2) is 24.5 Å². The summed E-state index contributed by atoms with van der Waals surface area (Å²) < 4.78 is 19.1. The average Bonchev–Trinajstić information content (AvgIpc) is 2.82. The highest BCUT2D eigenvalue weighted by Gasteiger charge is 2.18. The number of nitrogens with two attached hydrogens (primary N) is 1. The maximum atomic E-state index is 13.6. The number of rotatable bonds is 2. The van der Waals surface area contributed by atoms with Crippen LogP contribution >= 0.6 is 0 Å². The number of hydrogen-bond donors (Lipinski definition) is 2. The second kappa shape index (κ2) is 4.14. The molecule has 1 aliphatic heterocycles. The van der Waals surface area contributed by atoms with Crippen molar-refractivity contribution in [3.8, 4) is 11.6 Å². The second-order valence-corrected chi connectivity index (χ2v) is 3.97. The molecule has 18 heavy (non-hydrogen) atoms. The van der Waals surface area contributed by atoms with E-state index in [0.29, 0.717) is 11.6 Å². The van der Waals surface area contributed by atoms with Crippen molar-refractivity contribution in [1.29, 1.82) is 0 Å². The average molecular weight is 246 g/mol. The van der Waals surface area contributed by atoms with Crippen LogP contribution in [0.2, 0.25) is 0 Å². The molecule has 0 fully saturated rings. The van der Waals surface area contributed by atoms with Crippen molar-refractivity contribution in [3.63, 3.8) is 0 Å². The van der Waals surface area contributed by atoms with Gasteiger partial charge in [0.1, 0.15) is 12.0 Å². The lowest BCUT2D eigenvalue weighted by Gasteiger charge is -2.09. The van der Waals surface area contributed by atoms with Crippen molar-refractivity contribution in [3.05, 3.63) is 36.0 Å². The molecule has 0 radical (unpaired) electrons. The number of fused-ring (bicyclic) bond motifs is 1. The van der Waals surface area contributed by atoms with E-state index >= 15 is 0 Å². The molecule has 3 N–H and O–H groups in total. The first-order valence-corrected chi connectivity index (χ1v) is 5.54. The van der Waals surface area contributed by atoms with E-state index in [0.717, 1.165) is 24.3 Å². The van der Waals surface area contributed by atoms with Gasteiger partial charge in [-0.3, -0.25) is 0 Å². The Morgan fingerprint density at radius 1 is 1.33 bits per heavy atom. The van der Waals surface area contributed by atoms with Gasteiger partial charge in [0.25, 0.3) is 0 Å². The highest BCUT2D eigenvalue weighted by Crippen LogP contribution is 2.33. The SMILES string of the molecule is Nc1ccc(Oc2ncnc3c2NCC3)c(F)c1. The Kier molecular flexibility index (Phi) is 2.47. The maximum Gasteiger partial charge on any atom is 0.246 e. The zero-order valence-corrected chi connectivity index (χ0v) is 9.48. The normalized spacial score (nSPS) is 12.9. The molecule has 0 unspecified atom stereocenters. The number of anilines is 2. The molecule has 2 heterocycles. The summed E-state index contributed by atoms with van der Waals surface area (Å²) >= 11 is 0. The van der Waals surface area contributed by atoms with Crippen LogP contribution in [0, 0.1) is 5.82 Å². The molecule has 0 atom stereocenters. The van der Waals surface area contributed by atoms with Gasteiger partial charge in [0, 0.05) is 24.7 Å². The highest BCUT2D eigenvalue weighted by atomic mass is 19.1. The minimum Gasteiger partial charge on any atom is -0.434 e. The Balaban J connectivity index is 1.95. The molecule has 2 aromatic rings. The fraction of sp³-hybridized carbons (Fsp3) is 0.167. The zero-order valence-electron chi connectivity index (χ0n) is 9.48. The quantitative estimate of drug-likeness (QED) is 0.792. The molecule has 0 amide bonds. The molecule has 0 aliphatic carbocycles. The Morgan fingerprint density at radius 3 is 3.06 bits per heavy atom. The van der Waals surface area contributed by atoms with Gasteiger partial charge in [-0.1, -0.05) is 0 Å². The number of nitrogen functional groups attached to an aromatic ring is 1. The van der Waals surface area contributed by atoms with E-state index < -0.39 is 5.82 Å². The summed E-state index contributed by atoms with van der Waals surface area (Å²) in [4.78, 5) is 8.15. The summed E-state index contributed by atoms with van der Waals surface area (Å²) in [6.45, 7) is 0.786. The third-order valence-electron chi connectivity index (χ3n) is 2.72. The van der Waals surface area contributed by atoms with Gasteiger partial charge < -0.3 is 15.8 Å². The standard InChI is InChI=1S/C12H11FN4O/c13-8-5-7(14)1-2-10(8)18-12-11-9(3-4-15-11)16-6-17-12/h1-2,5-6,15H,3-4,14H2. The first kappa shape index (κ1) is 10.8. The lowest BCUT2D eigenvalue weighted by molar-refractivity contribution is 0.428. The molecule has 3 rings (SSSR count). The lowest BCUT2D eigenvalue weighted by atomic mass is 10.3. The van der Waals surface area contributed by atoms with Crippen LogP contribution in [0.4, 0.5) is 15.8 Å². The van der Waals surface area contributed by atoms with Crippen molar-refractivity contribution < 1.29 is 9.13 Å². The molecular weight excluding hydrogens is 235 g/mol. The summed E-state index contributed by atoms with van der Waals surface area (Å²) in [5.74, 6) is -0.0830. The van der Waals surface area contributed by atoms with Gasteiger partial charge in [-0.05, 0) is 12.1 Å². The van der Waals surface area contributed by atoms with E-state index in [4.69, 9.17) is 10.5 Å². The molecule has 1 aliphatic rings. The highest BCUT2D eigenvalue weighted by molar-refractivity contribution is 5.60. The van der Waals surface area contributed by atoms with Gasteiger partial charge >= 0.3 is 0 Å². The first-order chi connectivity index (χ1) is 8.74. The van der Waals surface area contributed by atoms with E-state index in [1.54, 1.807) is 6.07 Å². The molecule has 0 bridgehead atoms. The molecule has 6 heteroatoms. The smallest absolute Gasteiger partial charge is 0.246 e. The lowest BCUT2D eigenvalue weighted by Crippen LogP contribution is -1.98. The van der Waals surface area contributed by atoms with Crippen molar-refractivity contribution in [1.82, 2.24) is 9.97 Å². The van der Waals surface area contributed by atoms with E-state index in [1.807, 2.05) is 0 Å². The number of ether oxygens (including phenoxy) is 1. The first-order valence-electron chi connectivity index (χ1n) is 5.54. The van der Waals surface area contributed by atoms with Crippen molar-refractivity contribution in [2.45, 2.75) is 6.42 Å². The van der Waals surface area contributed by atoms with Crippen molar-refractivity contribution in [2.75, 3.05) is 17.6 Å². The summed E-state index contributed by atoms with van der Waals surface area (Å²) in [5, 5.41) is 3.12. The topological polar surface area (TPSA) is 73.1 Å². The predicted molar refractivity (Wildman–Crippen MR) is 65.1 cm³/mol. The Hall–Kier alpha value is -2.37. The molecule has 0 saturated heterocycles. The van der Waals surface area contributed by atoms with Gasteiger partial charge in [-0.2, -0.15) is 4.98 Å². The minimum atomic E-state index is -0.514. The Bertz CT molecular complexity index is 603. The van der Waals surface area contributed by atoms with Crippen LogP contribution in [-0.4, -0.2) is 16.5 Å². The number of hydrogen-bond acceptors (Lipinski definition) is 5. The summed E-state index contributed by atoms with van der Waals surface area (Å²) in [5.41, 5.74) is 7.45. The van der Waals surface area contributed by atoms with Gasteiger partial charge in [-0.15, -0.1) is 0 Å². The van der Waals surface area contributed by atoms with Crippen LogP contribution in [0.3, 0.4) is 0 Å². The number of benzene rings is 1. The zero-order chi connectivity index (χ0) is 12.5. The van der Waals surface area contributed by atoms with E-state index in [9.17, 15) is 4.39 Å². The van der Waals surface area contributed by atoms with E-state index in [1.165, 1.54) is 18.5 Å². The number of nitrogens with one attached hydrogen (secondary N) is 1. The number of aromatic nitrogens is 2. The molecule has 5 nitrogen and oxygen atoms in total. The molecular formula is C12H11FN4O. The van der Waals surface area contributed by atoms with E-state index in [2.05, 4.69) is 15.3 Å². The fourth-order valence-electron chi connectivity index (χ4n) is 1.86. The fourth-order valence-corrected chi connectivity index (χ4v) is 1.86. The van der Waals surface area contributed by atoms with Gasteiger partial charge in [0.15, 0.2) is 11.6 Å². The van der Waals surface area contributed by atoms with Crippen molar-refractivity contribution >= 4 is 11.4 Å². The van der Waals surface area contributed by atoms with Crippen LogP contribution < -0.4 is 15.8 Å². The second-order valence-electron chi connectivity index (χ2n) is 3.97. The van der Waals surface area contributed by atoms with E-state index in [-0.39, 0.29) is 5.75 Å². The van der Waals surface area contributed by atoms with Crippen LogP contribution in [0.25, 0.3) is 0 Å². The number of nitrogens with zero attached hydrogens (tertiary/aromatic N) is 2.